The number of hydrogen-bond acceptors (Lipinski definition) is 6. The molecule has 14 heteroatoms. The first-order chi connectivity index (χ1) is 16.5. The summed E-state index contributed by atoms with van der Waals surface area (Å²) >= 11 is 5.99. The van der Waals surface area contributed by atoms with Crippen LogP contribution in [0.25, 0.3) is 0 Å². The molecule has 0 amide bonds. The number of fused-ring (bicyclic) bond motifs is 2. The molecule has 3 atom stereocenters. The zero-order valence-electron chi connectivity index (χ0n) is 18.4. The van der Waals surface area contributed by atoms with Gasteiger partial charge in [-0.3, -0.25) is 4.99 Å². The molecule has 0 N–H and O–H groups in total. The molecule has 1 saturated carbocycles. The molecule has 2 aromatic rings. The first kappa shape index (κ1) is 25.3. The molecule has 7 nitrogen and oxygen atoms in total. The fourth-order valence-corrected chi connectivity index (χ4v) is 4.76. The number of rotatable bonds is 5. The largest absolute Gasteiger partial charge is 0.480 e. The van der Waals surface area contributed by atoms with Crippen molar-refractivity contribution < 1.29 is 31.1 Å². The Bertz CT molecular complexity index is 1150. The molecule has 3 heterocycles. The van der Waals surface area contributed by atoms with Crippen molar-refractivity contribution in [2.75, 3.05) is 31.6 Å². The van der Waals surface area contributed by atoms with E-state index in [0.29, 0.717) is 29.0 Å². The maximum Gasteiger partial charge on any atom is 0.433 e. The molecule has 1 aliphatic heterocycles. The van der Waals surface area contributed by atoms with Gasteiger partial charge in [-0.25, -0.2) is 4.98 Å². The van der Waals surface area contributed by atoms with Crippen molar-refractivity contribution in [1.29, 1.82) is 0 Å². The van der Waals surface area contributed by atoms with Crippen LogP contribution in [0.3, 0.4) is 0 Å². The van der Waals surface area contributed by atoms with Crippen LogP contribution in [0.2, 0.25) is 5.15 Å². The van der Waals surface area contributed by atoms with Crippen LogP contribution >= 0.6 is 11.6 Å². The van der Waals surface area contributed by atoms with Crippen molar-refractivity contribution >= 4 is 17.3 Å². The van der Waals surface area contributed by atoms with Gasteiger partial charge in [-0.15, -0.1) is 0 Å². The normalized spacial score (nSPS) is 23.4. The van der Waals surface area contributed by atoms with Gasteiger partial charge < -0.3 is 9.64 Å². The number of hydrogen-bond donors (Lipinski definition) is 0. The van der Waals surface area contributed by atoms with Crippen LogP contribution < -0.4 is 15.1 Å². The highest BCUT2D eigenvalue weighted by molar-refractivity contribution is 6.29. The van der Waals surface area contributed by atoms with E-state index in [1.165, 1.54) is 0 Å². The highest BCUT2D eigenvalue weighted by Gasteiger charge is 2.43. The number of halogens is 7. The standard InChI is InChI=1S/C21H21ClF6N6O/c1-29-19-15(35-11-20(23,24)25)4-5-16(21(26,27)28)34(19)32-31-18-12-2-3-13(18)10-33(9-12)14-6-7-30-17(22)8-14/h4-8,12-13,18H,2-3,9-11H2,1H3/b29-19-,32-31+/t12-,13+,18-. The van der Waals surface area contributed by atoms with Crippen molar-refractivity contribution in [2.45, 2.75) is 31.2 Å². The molecular weight excluding hydrogens is 502 g/mol. The fourth-order valence-electron chi connectivity index (χ4n) is 4.59. The second kappa shape index (κ2) is 9.67. The predicted octanol–water partition coefficient (Wildman–Crippen LogP) is 5.16. The summed E-state index contributed by atoms with van der Waals surface area (Å²) in [5, 5.41) is 8.44. The summed E-state index contributed by atoms with van der Waals surface area (Å²) in [6.45, 7) is -0.464. The number of alkyl halides is 6. The lowest BCUT2D eigenvalue weighted by Crippen LogP contribution is -2.44. The Labute approximate surface area is 201 Å². The molecule has 190 valence electrons. The summed E-state index contributed by atoms with van der Waals surface area (Å²) in [5.74, 6) is -0.416. The molecule has 2 aromatic heterocycles. The van der Waals surface area contributed by atoms with Gasteiger partial charge in [-0.1, -0.05) is 16.8 Å². The third-order valence-electron chi connectivity index (χ3n) is 6.07. The van der Waals surface area contributed by atoms with Crippen LogP contribution in [0, 0.1) is 11.8 Å². The number of ether oxygens (including phenoxy) is 1. The van der Waals surface area contributed by atoms with Gasteiger partial charge >= 0.3 is 12.4 Å². The number of nitrogens with zero attached hydrogens (tertiary/aromatic N) is 6. The quantitative estimate of drug-likeness (QED) is 0.310. The monoisotopic (exact) mass is 522 g/mol. The zero-order valence-corrected chi connectivity index (χ0v) is 19.1. The van der Waals surface area contributed by atoms with E-state index in [9.17, 15) is 26.3 Å². The van der Waals surface area contributed by atoms with Gasteiger partial charge in [0.25, 0.3) is 0 Å². The SMILES string of the molecule is C/N=c1/c(OCC(F)(F)F)ccc(C(F)(F)F)n1/N=N/[C@@H]1[C@@H]2CC[C@H]1CN(c1ccnc(Cl)c1)C2. The van der Waals surface area contributed by atoms with Gasteiger partial charge in [0.05, 0.1) is 6.04 Å². The van der Waals surface area contributed by atoms with Gasteiger partial charge in [-0.05, 0) is 37.1 Å². The van der Waals surface area contributed by atoms with Crippen LogP contribution in [-0.2, 0) is 6.18 Å². The van der Waals surface area contributed by atoms with Crippen molar-refractivity contribution in [3.63, 3.8) is 0 Å². The van der Waals surface area contributed by atoms with Gasteiger partial charge in [0, 0.05) is 43.9 Å². The molecule has 0 aromatic carbocycles. The number of piperidine rings is 1. The molecule has 0 unspecified atom stereocenters. The van der Waals surface area contributed by atoms with E-state index in [2.05, 4.69) is 30.0 Å². The van der Waals surface area contributed by atoms with Crippen molar-refractivity contribution in [3.8, 4) is 5.75 Å². The number of aromatic nitrogens is 2. The van der Waals surface area contributed by atoms with E-state index in [1.54, 1.807) is 12.3 Å². The number of pyridine rings is 2. The van der Waals surface area contributed by atoms with Crippen molar-refractivity contribution in [1.82, 2.24) is 9.66 Å². The van der Waals surface area contributed by atoms with Gasteiger partial charge in [0.2, 0.25) is 0 Å². The van der Waals surface area contributed by atoms with Crippen LogP contribution in [0.4, 0.5) is 32.0 Å². The summed E-state index contributed by atoms with van der Waals surface area (Å²) in [5.41, 5.74) is -0.839. The van der Waals surface area contributed by atoms with Gasteiger partial charge in [0.15, 0.2) is 17.8 Å². The van der Waals surface area contributed by atoms with Crippen LogP contribution in [0.15, 0.2) is 45.8 Å². The Morgan fingerprint density at radius 1 is 1.09 bits per heavy atom. The molecular formula is C21H21ClF6N6O. The molecule has 0 radical (unpaired) electrons. The summed E-state index contributed by atoms with van der Waals surface area (Å²) in [4.78, 5) is 9.82. The lowest BCUT2D eigenvalue weighted by Gasteiger charge is -2.37. The van der Waals surface area contributed by atoms with Crippen molar-refractivity contribution in [3.05, 3.63) is 46.8 Å². The van der Waals surface area contributed by atoms with E-state index >= 15 is 0 Å². The summed E-state index contributed by atoms with van der Waals surface area (Å²) in [7, 11) is 1.14. The second-order valence-corrected chi connectivity index (χ2v) is 8.77. The van der Waals surface area contributed by atoms with E-state index in [4.69, 9.17) is 11.6 Å². The van der Waals surface area contributed by atoms with Crippen LogP contribution in [0.5, 0.6) is 5.75 Å². The highest BCUT2D eigenvalue weighted by Crippen LogP contribution is 2.41. The molecule has 35 heavy (non-hydrogen) atoms. The molecule has 1 aliphatic carbocycles. The summed E-state index contributed by atoms with van der Waals surface area (Å²) in [6.07, 6.45) is -6.28. The van der Waals surface area contributed by atoms with Crippen molar-refractivity contribution in [2.24, 2.45) is 27.2 Å². The van der Waals surface area contributed by atoms with Gasteiger partial charge in [-0.2, -0.15) is 36.1 Å². The molecule has 1 saturated heterocycles. The van der Waals surface area contributed by atoms with E-state index in [1.807, 2.05) is 6.07 Å². The maximum atomic E-state index is 13.7. The minimum Gasteiger partial charge on any atom is -0.480 e. The van der Waals surface area contributed by atoms with Gasteiger partial charge in [0.1, 0.15) is 10.8 Å². The average molecular weight is 523 g/mol. The summed E-state index contributed by atoms with van der Waals surface area (Å²) < 4.78 is 83.9. The molecule has 4 rings (SSSR count). The summed E-state index contributed by atoms with van der Waals surface area (Å²) in [6, 6.07) is 4.63. The third-order valence-corrected chi connectivity index (χ3v) is 6.28. The van der Waals surface area contributed by atoms with Crippen LogP contribution in [-0.4, -0.2) is 48.6 Å². The molecule has 2 bridgehead atoms. The van der Waals surface area contributed by atoms with Crippen LogP contribution in [0.1, 0.15) is 18.5 Å². The lowest BCUT2D eigenvalue weighted by molar-refractivity contribution is -0.154. The fraction of sp³-hybridized carbons (Fsp3) is 0.524. The molecule has 0 spiro atoms. The molecule has 2 fully saturated rings. The first-order valence-corrected chi connectivity index (χ1v) is 11.1. The predicted molar refractivity (Wildman–Crippen MR) is 114 cm³/mol. The topological polar surface area (TPSA) is 67.4 Å². The Morgan fingerprint density at radius 3 is 2.34 bits per heavy atom. The minimum absolute atomic E-state index is 0.0334. The zero-order chi connectivity index (χ0) is 25.4. The second-order valence-electron chi connectivity index (χ2n) is 8.38. The number of anilines is 1. The van der Waals surface area contributed by atoms with E-state index in [-0.39, 0.29) is 17.9 Å². The Morgan fingerprint density at radius 2 is 1.77 bits per heavy atom. The Kier molecular flexibility index (Phi) is 6.98. The van der Waals surface area contributed by atoms with E-state index < -0.39 is 35.9 Å². The Balaban J connectivity index is 1.63. The first-order valence-electron chi connectivity index (χ1n) is 10.7. The minimum atomic E-state index is -4.84. The maximum absolute atomic E-state index is 13.7. The average Bonchev–Trinajstić information content (AvgIpc) is 3.01. The highest BCUT2D eigenvalue weighted by atomic mass is 35.5. The van der Waals surface area contributed by atoms with E-state index in [0.717, 1.165) is 31.6 Å². The lowest BCUT2D eigenvalue weighted by atomic mass is 9.92. The molecule has 2 aliphatic rings. The smallest absolute Gasteiger partial charge is 0.433 e. The Hall–Kier alpha value is -2.83. The third kappa shape index (κ3) is 5.71.